The van der Waals surface area contributed by atoms with Gasteiger partial charge in [0.1, 0.15) is 16.7 Å². The molecule has 1 aliphatic heterocycles. The Labute approximate surface area is 102 Å². The molecule has 0 unspecified atom stereocenters. The fraction of sp³-hybridized carbons (Fsp3) is 0.167. The highest BCUT2D eigenvalue weighted by atomic mass is 79.9. The van der Waals surface area contributed by atoms with E-state index >= 15 is 0 Å². The molecule has 2 heterocycles. The van der Waals surface area contributed by atoms with Crippen molar-refractivity contribution in [2.45, 2.75) is 6.42 Å². The molecule has 80 valence electrons. The molecular weight excluding hydrogens is 268 g/mol. The third kappa shape index (κ3) is 1.50. The Hall–Kier alpha value is -1.42. The van der Waals surface area contributed by atoms with Gasteiger partial charge in [0.15, 0.2) is 0 Å². The molecule has 1 aromatic carbocycles. The minimum absolute atomic E-state index is 0.762. The van der Waals surface area contributed by atoms with Crippen LogP contribution in [0.5, 0.6) is 5.75 Å². The van der Waals surface area contributed by atoms with Gasteiger partial charge in [-0.2, -0.15) is 0 Å². The predicted octanol–water partition coefficient (Wildman–Crippen LogP) is 2.84. The van der Waals surface area contributed by atoms with E-state index in [2.05, 4.69) is 32.0 Å². The zero-order chi connectivity index (χ0) is 11.0. The van der Waals surface area contributed by atoms with Gasteiger partial charge >= 0.3 is 0 Å². The van der Waals surface area contributed by atoms with Gasteiger partial charge in [-0.15, -0.1) is 0 Å². The summed E-state index contributed by atoms with van der Waals surface area (Å²) in [5.41, 5.74) is 3.29. The van der Waals surface area contributed by atoms with Crippen LogP contribution in [0.1, 0.15) is 5.56 Å². The van der Waals surface area contributed by atoms with Crippen LogP contribution < -0.4 is 4.74 Å². The van der Waals surface area contributed by atoms with Crippen LogP contribution in [0.25, 0.3) is 11.1 Å². The van der Waals surface area contributed by atoms with Gasteiger partial charge in [-0.25, -0.2) is 9.97 Å². The molecule has 3 nitrogen and oxygen atoms in total. The lowest BCUT2D eigenvalue weighted by atomic mass is 10.0. The molecule has 16 heavy (non-hydrogen) atoms. The third-order valence-electron chi connectivity index (χ3n) is 2.67. The zero-order valence-corrected chi connectivity index (χ0v) is 10.1. The van der Waals surface area contributed by atoms with Gasteiger partial charge in [-0.05, 0) is 21.5 Å². The van der Waals surface area contributed by atoms with E-state index in [1.807, 2.05) is 12.1 Å². The molecule has 0 saturated carbocycles. The minimum atomic E-state index is 0.762. The summed E-state index contributed by atoms with van der Waals surface area (Å²) in [5.74, 6) is 0.970. The fourth-order valence-electron chi connectivity index (χ4n) is 1.92. The Morgan fingerprint density at radius 1 is 1.25 bits per heavy atom. The molecule has 1 aliphatic rings. The van der Waals surface area contributed by atoms with Gasteiger partial charge in [-0.3, -0.25) is 0 Å². The second-order valence-corrected chi connectivity index (χ2v) is 4.37. The molecule has 0 bridgehead atoms. The highest BCUT2D eigenvalue weighted by Gasteiger charge is 2.18. The summed E-state index contributed by atoms with van der Waals surface area (Å²) in [6.07, 6.45) is 4.31. The van der Waals surface area contributed by atoms with Crippen LogP contribution >= 0.6 is 15.9 Å². The molecule has 0 spiro atoms. The number of halogens is 1. The number of hydrogen-bond donors (Lipinski definition) is 0. The van der Waals surface area contributed by atoms with Crippen molar-refractivity contribution in [1.82, 2.24) is 9.97 Å². The molecule has 0 atom stereocenters. The Morgan fingerprint density at radius 3 is 3.06 bits per heavy atom. The first-order valence-corrected chi connectivity index (χ1v) is 5.86. The lowest BCUT2D eigenvalue weighted by Crippen LogP contribution is -1.91. The highest BCUT2D eigenvalue weighted by Crippen LogP contribution is 2.38. The number of fused-ring (bicyclic) bond motifs is 1. The van der Waals surface area contributed by atoms with Crippen LogP contribution in [0.15, 0.2) is 35.3 Å². The number of para-hydroxylation sites is 1. The Bertz CT molecular complexity index is 542. The molecule has 0 aliphatic carbocycles. The number of benzene rings is 1. The molecule has 1 aromatic heterocycles. The standard InChI is InChI=1S/C12H9BrN2O/c13-12-10(6-14-7-15-12)9-3-1-2-8-4-5-16-11(8)9/h1-3,6-7H,4-5H2. The lowest BCUT2D eigenvalue weighted by Gasteiger charge is -2.08. The maximum absolute atomic E-state index is 5.66. The normalized spacial score (nSPS) is 13.3. The van der Waals surface area contributed by atoms with Crippen molar-refractivity contribution in [3.05, 3.63) is 40.9 Å². The van der Waals surface area contributed by atoms with E-state index in [4.69, 9.17) is 4.74 Å². The highest BCUT2D eigenvalue weighted by molar-refractivity contribution is 9.10. The molecule has 4 heteroatoms. The molecular formula is C12H9BrN2O. The largest absolute Gasteiger partial charge is 0.492 e. The minimum Gasteiger partial charge on any atom is -0.492 e. The maximum Gasteiger partial charge on any atom is 0.130 e. The number of rotatable bonds is 1. The van der Waals surface area contributed by atoms with Gasteiger partial charge in [0.05, 0.1) is 6.61 Å². The molecule has 2 aromatic rings. The SMILES string of the molecule is Brc1ncncc1-c1cccc2c1OCC2. The van der Waals surface area contributed by atoms with Crippen molar-refractivity contribution in [2.24, 2.45) is 0 Å². The van der Waals surface area contributed by atoms with Crippen molar-refractivity contribution >= 4 is 15.9 Å². The van der Waals surface area contributed by atoms with Gasteiger partial charge in [0.25, 0.3) is 0 Å². The van der Waals surface area contributed by atoms with Crippen molar-refractivity contribution in [3.63, 3.8) is 0 Å². The molecule has 0 radical (unpaired) electrons. The van der Waals surface area contributed by atoms with Crippen molar-refractivity contribution in [2.75, 3.05) is 6.61 Å². The summed E-state index contributed by atoms with van der Waals surface area (Å²) in [6, 6.07) is 6.18. The van der Waals surface area contributed by atoms with Gasteiger partial charge in [0.2, 0.25) is 0 Å². The van der Waals surface area contributed by atoms with Crippen LogP contribution in [-0.2, 0) is 6.42 Å². The van der Waals surface area contributed by atoms with Crippen molar-refractivity contribution < 1.29 is 4.74 Å². The summed E-state index contributed by atoms with van der Waals surface area (Å²) in [4.78, 5) is 8.18. The molecule has 0 amide bonds. The first-order valence-electron chi connectivity index (χ1n) is 5.07. The van der Waals surface area contributed by atoms with Crippen molar-refractivity contribution in [1.29, 1.82) is 0 Å². The van der Waals surface area contributed by atoms with E-state index in [0.717, 1.165) is 34.5 Å². The van der Waals surface area contributed by atoms with Gasteiger partial charge in [-0.1, -0.05) is 18.2 Å². The first kappa shape index (κ1) is 9.78. The summed E-state index contributed by atoms with van der Waals surface area (Å²) in [6.45, 7) is 0.762. The topological polar surface area (TPSA) is 35.0 Å². The summed E-state index contributed by atoms with van der Waals surface area (Å²) < 4.78 is 6.46. The zero-order valence-electron chi connectivity index (χ0n) is 8.48. The summed E-state index contributed by atoms with van der Waals surface area (Å²) in [5, 5.41) is 0. The average Bonchev–Trinajstić information content (AvgIpc) is 2.77. The number of ether oxygens (including phenoxy) is 1. The van der Waals surface area contributed by atoms with Crippen LogP contribution in [0.3, 0.4) is 0 Å². The van der Waals surface area contributed by atoms with Crippen LogP contribution in [0.2, 0.25) is 0 Å². The number of nitrogens with zero attached hydrogens (tertiary/aromatic N) is 2. The van der Waals surface area contributed by atoms with E-state index in [0.29, 0.717) is 0 Å². The van der Waals surface area contributed by atoms with Crippen LogP contribution in [0, 0.1) is 0 Å². The molecule has 0 fully saturated rings. The average molecular weight is 277 g/mol. The van der Waals surface area contributed by atoms with Gasteiger partial charge in [0, 0.05) is 23.7 Å². The van der Waals surface area contributed by atoms with Crippen molar-refractivity contribution in [3.8, 4) is 16.9 Å². The predicted molar refractivity (Wildman–Crippen MR) is 64.4 cm³/mol. The molecule has 0 N–H and O–H groups in total. The second kappa shape index (κ2) is 3.87. The Morgan fingerprint density at radius 2 is 2.19 bits per heavy atom. The third-order valence-corrected chi connectivity index (χ3v) is 3.30. The van der Waals surface area contributed by atoms with Crippen LogP contribution in [-0.4, -0.2) is 16.6 Å². The van der Waals surface area contributed by atoms with E-state index in [9.17, 15) is 0 Å². The lowest BCUT2D eigenvalue weighted by molar-refractivity contribution is 0.358. The molecule has 3 rings (SSSR count). The molecule has 0 saturated heterocycles. The first-order chi connectivity index (χ1) is 7.86. The van der Waals surface area contributed by atoms with E-state index in [-0.39, 0.29) is 0 Å². The van der Waals surface area contributed by atoms with Gasteiger partial charge < -0.3 is 4.74 Å². The fourth-order valence-corrected chi connectivity index (χ4v) is 2.33. The summed E-state index contributed by atoms with van der Waals surface area (Å²) in [7, 11) is 0. The quantitative estimate of drug-likeness (QED) is 0.752. The van der Waals surface area contributed by atoms with Crippen LogP contribution in [0.4, 0.5) is 0 Å². The van der Waals surface area contributed by atoms with E-state index < -0.39 is 0 Å². The van der Waals surface area contributed by atoms with E-state index in [1.54, 1.807) is 6.20 Å². The summed E-state index contributed by atoms with van der Waals surface area (Å²) >= 11 is 3.43. The second-order valence-electron chi connectivity index (χ2n) is 3.62. The number of hydrogen-bond acceptors (Lipinski definition) is 3. The smallest absolute Gasteiger partial charge is 0.130 e. The monoisotopic (exact) mass is 276 g/mol. The Kier molecular flexibility index (Phi) is 2.36. The maximum atomic E-state index is 5.66. The Balaban J connectivity index is 2.21. The number of aromatic nitrogens is 2. The van der Waals surface area contributed by atoms with E-state index in [1.165, 1.54) is 11.9 Å².